The predicted molar refractivity (Wildman–Crippen MR) is 46.0 cm³/mol. The maximum atomic E-state index is 12.0. The molecule has 0 bridgehead atoms. The summed E-state index contributed by atoms with van der Waals surface area (Å²) >= 11 is 0. The smallest absolute Gasteiger partial charge is 0.214 e. The van der Waals surface area contributed by atoms with Crippen molar-refractivity contribution in [3.63, 3.8) is 0 Å². The van der Waals surface area contributed by atoms with Crippen molar-refractivity contribution in [1.82, 2.24) is 0 Å². The fraction of sp³-hybridized carbons (Fsp3) is 1.00. The van der Waals surface area contributed by atoms with Crippen molar-refractivity contribution in [2.75, 3.05) is 0 Å². The Morgan fingerprint density at radius 1 is 1.00 bits per heavy atom. The van der Waals surface area contributed by atoms with Crippen LogP contribution in [-0.2, 0) is 0 Å². The van der Waals surface area contributed by atoms with Crippen LogP contribution in [0.25, 0.3) is 0 Å². The third-order valence-electron chi connectivity index (χ3n) is 2.49. The number of hydrogen-bond acceptors (Lipinski definition) is 0. The van der Waals surface area contributed by atoms with Gasteiger partial charge < -0.3 is 0 Å². The summed E-state index contributed by atoms with van der Waals surface area (Å²) in [6.07, 6.45) is 7.13. The zero-order valence-corrected chi connectivity index (χ0v) is 8.27. The molecule has 1 aliphatic rings. The van der Waals surface area contributed by atoms with Gasteiger partial charge in [-0.2, -0.15) is 0 Å². The molecule has 0 unspecified atom stereocenters. The maximum Gasteiger partial charge on any atom is 0.214 e. The van der Waals surface area contributed by atoms with E-state index in [4.69, 9.17) is 0 Å². The Kier molecular flexibility index (Phi) is 4.05. The molecule has 0 aromatic heterocycles. The summed E-state index contributed by atoms with van der Waals surface area (Å²) in [4.78, 5) is 0. The highest BCUT2D eigenvalue weighted by atomic mass is 28.2. The Morgan fingerprint density at radius 3 is 2.00 bits per heavy atom. The zero-order chi connectivity index (χ0) is 8.10. The molecule has 0 aromatic rings. The molecule has 0 radical (unpaired) electrons. The molecule has 66 valence electrons. The van der Waals surface area contributed by atoms with E-state index in [0.717, 1.165) is 12.8 Å². The minimum absolute atomic E-state index is 0.456. The average molecular weight is 178 g/mol. The lowest BCUT2D eigenvalue weighted by molar-refractivity contribution is 0.235. The Morgan fingerprint density at radius 2 is 1.55 bits per heavy atom. The van der Waals surface area contributed by atoms with Crippen molar-refractivity contribution in [3.8, 4) is 0 Å². The lowest BCUT2D eigenvalue weighted by atomic mass is 10.2. The van der Waals surface area contributed by atoms with E-state index in [-0.39, 0.29) is 0 Å². The summed E-state index contributed by atoms with van der Waals surface area (Å²) in [6, 6.07) is -1.95. The molecule has 0 atom stereocenters. The summed E-state index contributed by atoms with van der Waals surface area (Å²) < 4.78 is 24.0. The van der Waals surface area contributed by atoms with E-state index in [1.165, 1.54) is 25.7 Å². The third-order valence-corrected chi connectivity index (χ3v) is 4.33. The van der Waals surface area contributed by atoms with Crippen molar-refractivity contribution in [3.05, 3.63) is 0 Å². The Hall–Kier alpha value is 0.0769. The standard InChI is InChI=1S/C8H16F2Si/c9-8(10)11-7-5-3-1-2-4-6-7/h7-8H,1-6,11H2. The second kappa shape index (κ2) is 4.86. The topological polar surface area (TPSA) is 0 Å². The Labute approximate surface area is 69.2 Å². The van der Waals surface area contributed by atoms with E-state index in [0.29, 0.717) is 5.54 Å². The van der Waals surface area contributed by atoms with Crippen LogP contribution in [0.5, 0.6) is 0 Å². The van der Waals surface area contributed by atoms with Crippen LogP contribution >= 0.6 is 0 Å². The summed E-state index contributed by atoms with van der Waals surface area (Å²) in [7, 11) is -1.06. The average Bonchev–Trinajstić information content (AvgIpc) is 2.14. The monoisotopic (exact) mass is 178 g/mol. The first-order valence-corrected chi connectivity index (χ1v) is 6.20. The van der Waals surface area contributed by atoms with E-state index < -0.39 is 15.6 Å². The minimum Gasteiger partial charge on any atom is -0.216 e. The fourth-order valence-electron chi connectivity index (χ4n) is 1.85. The molecule has 0 nitrogen and oxygen atoms in total. The molecule has 1 rings (SSSR count). The fourth-order valence-corrected chi connectivity index (χ4v) is 3.40. The lowest BCUT2D eigenvalue weighted by Gasteiger charge is -2.11. The van der Waals surface area contributed by atoms with Gasteiger partial charge in [0.05, 0.1) is 0 Å². The van der Waals surface area contributed by atoms with Crippen LogP contribution in [0.1, 0.15) is 38.5 Å². The van der Waals surface area contributed by atoms with E-state index in [1.807, 2.05) is 0 Å². The molecule has 0 amide bonds. The number of halogens is 2. The summed E-state index contributed by atoms with van der Waals surface area (Å²) in [5, 5.41) is 0. The van der Waals surface area contributed by atoms with Crippen molar-refractivity contribution in [1.29, 1.82) is 0 Å². The summed E-state index contributed by atoms with van der Waals surface area (Å²) in [5.41, 5.74) is 0.456. The van der Waals surface area contributed by atoms with E-state index >= 15 is 0 Å². The summed E-state index contributed by atoms with van der Waals surface area (Å²) in [5.74, 6) is 0. The molecule has 0 aliphatic heterocycles. The molecule has 3 heteroatoms. The molecule has 0 aromatic carbocycles. The molecule has 1 aliphatic carbocycles. The molecule has 0 saturated heterocycles. The highest BCUT2D eigenvalue weighted by molar-refractivity contribution is 6.38. The maximum absolute atomic E-state index is 12.0. The normalized spacial score (nSPS) is 23.2. The van der Waals surface area contributed by atoms with Crippen LogP contribution in [0.2, 0.25) is 5.54 Å². The van der Waals surface area contributed by atoms with Gasteiger partial charge in [0.15, 0.2) is 0 Å². The quantitative estimate of drug-likeness (QED) is 0.450. The largest absolute Gasteiger partial charge is 0.216 e. The van der Waals surface area contributed by atoms with Crippen LogP contribution in [0.3, 0.4) is 0 Å². The van der Waals surface area contributed by atoms with Crippen LogP contribution in [0.4, 0.5) is 8.78 Å². The number of alkyl halides is 2. The van der Waals surface area contributed by atoms with Crippen LogP contribution in [-0.4, -0.2) is 15.6 Å². The Balaban J connectivity index is 2.20. The van der Waals surface area contributed by atoms with E-state index in [9.17, 15) is 8.78 Å². The highest BCUT2D eigenvalue weighted by Crippen LogP contribution is 2.27. The SMILES string of the molecule is FC(F)[SiH2]C1CCCCCC1. The second-order valence-electron chi connectivity index (χ2n) is 3.48. The molecule has 0 spiro atoms. The first kappa shape index (κ1) is 9.17. The zero-order valence-electron chi connectivity index (χ0n) is 6.86. The van der Waals surface area contributed by atoms with Crippen LogP contribution in [0.15, 0.2) is 0 Å². The van der Waals surface area contributed by atoms with Gasteiger partial charge in [0.2, 0.25) is 6.05 Å². The van der Waals surface area contributed by atoms with Crippen LogP contribution in [0, 0.1) is 0 Å². The van der Waals surface area contributed by atoms with Gasteiger partial charge in [-0.3, -0.25) is 0 Å². The molecule has 1 fully saturated rings. The van der Waals surface area contributed by atoms with Gasteiger partial charge in [-0.15, -0.1) is 0 Å². The van der Waals surface area contributed by atoms with Gasteiger partial charge in [0, 0.05) is 0 Å². The van der Waals surface area contributed by atoms with Gasteiger partial charge in [-0.25, -0.2) is 8.78 Å². The number of rotatable bonds is 2. The van der Waals surface area contributed by atoms with Crippen molar-refractivity contribution in [2.45, 2.75) is 50.1 Å². The van der Waals surface area contributed by atoms with Gasteiger partial charge >= 0.3 is 0 Å². The third kappa shape index (κ3) is 3.84. The van der Waals surface area contributed by atoms with Crippen molar-refractivity contribution < 1.29 is 8.78 Å². The molecule has 0 N–H and O–H groups in total. The first-order chi connectivity index (χ1) is 5.29. The molecule has 0 heterocycles. The van der Waals surface area contributed by atoms with Gasteiger partial charge in [0.1, 0.15) is 9.52 Å². The Bertz CT molecular complexity index is 98.3. The summed E-state index contributed by atoms with van der Waals surface area (Å²) in [6.45, 7) is 0. The molecular weight excluding hydrogens is 162 g/mol. The second-order valence-corrected chi connectivity index (χ2v) is 5.73. The van der Waals surface area contributed by atoms with Crippen molar-refractivity contribution in [2.24, 2.45) is 0 Å². The van der Waals surface area contributed by atoms with Gasteiger partial charge in [-0.1, -0.05) is 38.5 Å². The van der Waals surface area contributed by atoms with E-state index in [2.05, 4.69) is 0 Å². The highest BCUT2D eigenvalue weighted by Gasteiger charge is 2.17. The van der Waals surface area contributed by atoms with Gasteiger partial charge in [-0.05, 0) is 5.54 Å². The predicted octanol–water partition coefficient (Wildman–Crippen LogP) is 2.52. The van der Waals surface area contributed by atoms with Crippen molar-refractivity contribution >= 4 is 9.52 Å². The first-order valence-electron chi connectivity index (χ1n) is 4.57. The van der Waals surface area contributed by atoms with Gasteiger partial charge in [0.25, 0.3) is 0 Å². The molecular formula is C8H16F2Si. The molecule has 11 heavy (non-hydrogen) atoms. The minimum atomic E-state index is -1.95. The van der Waals surface area contributed by atoms with Crippen LogP contribution < -0.4 is 0 Å². The van der Waals surface area contributed by atoms with E-state index in [1.54, 1.807) is 0 Å². The molecule has 1 saturated carbocycles. The number of hydrogen-bond donors (Lipinski definition) is 0. The lowest BCUT2D eigenvalue weighted by Crippen LogP contribution is -2.11.